The first-order chi connectivity index (χ1) is 7.79. The molecule has 17 heavy (non-hydrogen) atoms. The van der Waals surface area contributed by atoms with Crippen molar-refractivity contribution in [3.05, 3.63) is 0 Å². The van der Waals surface area contributed by atoms with Gasteiger partial charge in [0.2, 0.25) is 5.91 Å². The molecule has 0 aromatic rings. The van der Waals surface area contributed by atoms with Crippen LogP contribution in [0.25, 0.3) is 0 Å². The van der Waals surface area contributed by atoms with Gasteiger partial charge >= 0.3 is 6.09 Å². The van der Waals surface area contributed by atoms with Gasteiger partial charge < -0.3 is 10.5 Å². The summed E-state index contributed by atoms with van der Waals surface area (Å²) in [6.45, 7) is 5.45. The van der Waals surface area contributed by atoms with Gasteiger partial charge in [0.05, 0.1) is 0 Å². The van der Waals surface area contributed by atoms with Gasteiger partial charge in [-0.3, -0.25) is 9.69 Å². The lowest BCUT2D eigenvalue weighted by Crippen LogP contribution is -2.52. The van der Waals surface area contributed by atoms with E-state index in [0.29, 0.717) is 0 Å². The predicted octanol–water partition coefficient (Wildman–Crippen LogP) is 1.26. The molecule has 96 valence electrons. The average molecular weight is 240 g/mol. The van der Waals surface area contributed by atoms with Crippen LogP contribution in [-0.4, -0.2) is 34.6 Å². The molecule has 0 aromatic heterocycles. The van der Waals surface area contributed by atoms with Crippen LogP contribution in [0.15, 0.2) is 0 Å². The molecular weight excluding hydrogens is 220 g/mol. The Morgan fingerprint density at radius 2 is 1.94 bits per heavy atom. The van der Waals surface area contributed by atoms with Crippen LogP contribution in [0.5, 0.6) is 0 Å². The van der Waals surface area contributed by atoms with Crippen molar-refractivity contribution < 1.29 is 14.3 Å². The number of likely N-dealkylation sites (tertiary alicyclic amines) is 1. The minimum Gasteiger partial charge on any atom is -0.444 e. The van der Waals surface area contributed by atoms with Crippen molar-refractivity contribution >= 4 is 12.0 Å². The number of carbonyl (C=O) groups is 2. The van der Waals surface area contributed by atoms with Gasteiger partial charge in [0, 0.05) is 6.04 Å². The molecule has 2 rings (SSSR count). The number of carbonyl (C=O) groups excluding carboxylic acids is 2. The molecule has 1 saturated carbocycles. The van der Waals surface area contributed by atoms with Crippen LogP contribution in [0.2, 0.25) is 0 Å². The minimum absolute atomic E-state index is 0.132. The number of ether oxygens (including phenoxy) is 1. The largest absolute Gasteiger partial charge is 0.444 e. The van der Waals surface area contributed by atoms with E-state index in [-0.39, 0.29) is 12.0 Å². The fourth-order valence-electron chi connectivity index (χ4n) is 2.93. The van der Waals surface area contributed by atoms with Crippen molar-refractivity contribution in [3.63, 3.8) is 0 Å². The predicted molar refractivity (Wildman–Crippen MR) is 62.2 cm³/mol. The van der Waals surface area contributed by atoms with E-state index in [1.54, 1.807) is 4.90 Å². The van der Waals surface area contributed by atoms with Gasteiger partial charge in [0.15, 0.2) is 0 Å². The molecular formula is C12H20N2O3. The summed E-state index contributed by atoms with van der Waals surface area (Å²) in [6.07, 6.45) is 2.41. The van der Waals surface area contributed by atoms with E-state index < -0.39 is 23.6 Å². The molecule has 1 saturated heterocycles. The molecule has 1 aliphatic heterocycles. The Kier molecular flexibility index (Phi) is 2.79. The quantitative estimate of drug-likeness (QED) is 0.750. The summed E-state index contributed by atoms with van der Waals surface area (Å²) in [6, 6.07) is -0.337. The van der Waals surface area contributed by atoms with Crippen LogP contribution in [0.4, 0.5) is 4.79 Å². The second-order valence-electron chi connectivity index (χ2n) is 5.96. The van der Waals surface area contributed by atoms with Crippen LogP contribution in [-0.2, 0) is 9.53 Å². The number of hydrogen-bond donors (Lipinski definition) is 1. The van der Waals surface area contributed by atoms with Gasteiger partial charge in [-0.2, -0.15) is 0 Å². The molecule has 0 aromatic carbocycles. The number of hydrogen-bond acceptors (Lipinski definition) is 3. The summed E-state index contributed by atoms with van der Waals surface area (Å²) in [4.78, 5) is 25.1. The number of rotatable bonds is 1. The summed E-state index contributed by atoms with van der Waals surface area (Å²) in [5, 5.41) is 0. The van der Waals surface area contributed by atoms with Crippen LogP contribution in [0.3, 0.4) is 0 Å². The van der Waals surface area contributed by atoms with E-state index in [0.717, 1.165) is 19.3 Å². The van der Waals surface area contributed by atoms with Gasteiger partial charge in [-0.15, -0.1) is 0 Å². The maximum Gasteiger partial charge on any atom is 0.411 e. The maximum absolute atomic E-state index is 12.1. The SMILES string of the molecule is CC(C)(C)OC(=O)N1[C@H]2CC[C@H](C2)[C@H]1C(N)=O. The lowest BCUT2D eigenvalue weighted by Gasteiger charge is -2.34. The minimum atomic E-state index is -0.541. The highest BCUT2D eigenvalue weighted by molar-refractivity contribution is 5.86. The van der Waals surface area contributed by atoms with E-state index in [9.17, 15) is 9.59 Å². The van der Waals surface area contributed by atoms with Crippen molar-refractivity contribution in [1.82, 2.24) is 4.90 Å². The number of amides is 2. The van der Waals surface area contributed by atoms with Gasteiger partial charge in [-0.1, -0.05) is 0 Å². The van der Waals surface area contributed by atoms with Gasteiger partial charge in [0.25, 0.3) is 0 Å². The molecule has 1 heterocycles. The standard InChI is InChI=1S/C12H20N2O3/c1-12(2,3)17-11(16)14-8-5-4-7(6-8)9(14)10(13)15/h7-9H,4-6H2,1-3H3,(H2,13,15)/t7-,8+,9+/m1/s1. The summed E-state index contributed by atoms with van der Waals surface area (Å²) in [7, 11) is 0. The number of nitrogens with zero attached hydrogens (tertiary/aromatic N) is 1. The number of primary amides is 1. The first-order valence-electron chi connectivity index (χ1n) is 6.10. The van der Waals surface area contributed by atoms with Crippen LogP contribution in [0.1, 0.15) is 40.0 Å². The molecule has 2 aliphatic rings. The Morgan fingerprint density at radius 3 is 2.47 bits per heavy atom. The molecule has 5 nitrogen and oxygen atoms in total. The first kappa shape index (κ1) is 12.2. The molecule has 2 bridgehead atoms. The Balaban J connectivity index is 2.14. The molecule has 0 spiro atoms. The van der Waals surface area contributed by atoms with Crippen molar-refractivity contribution in [1.29, 1.82) is 0 Å². The van der Waals surface area contributed by atoms with Crippen molar-refractivity contribution in [2.45, 2.75) is 57.7 Å². The molecule has 2 N–H and O–H groups in total. The normalized spacial score (nSPS) is 31.7. The third-order valence-corrected chi connectivity index (χ3v) is 3.48. The van der Waals surface area contributed by atoms with Crippen molar-refractivity contribution in [2.24, 2.45) is 11.7 Å². The number of nitrogens with two attached hydrogens (primary N) is 1. The zero-order valence-corrected chi connectivity index (χ0v) is 10.6. The fraction of sp³-hybridized carbons (Fsp3) is 0.833. The average Bonchev–Trinajstić information content (AvgIpc) is 2.72. The third-order valence-electron chi connectivity index (χ3n) is 3.48. The van der Waals surface area contributed by atoms with Crippen LogP contribution < -0.4 is 5.73 Å². The van der Waals surface area contributed by atoms with Crippen molar-refractivity contribution in [3.8, 4) is 0 Å². The summed E-state index contributed by atoms with van der Waals surface area (Å²) in [5.74, 6) is -0.187. The molecule has 1 aliphatic carbocycles. The molecule has 2 amide bonds. The lowest BCUT2D eigenvalue weighted by molar-refractivity contribution is -0.124. The summed E-state index contributed by atoms with van der Waals surface area (Å²) >= 11 is 0. The second-order valence-corrected chi connectivity index (χ2v) is 5.96. The highest BCUT2D eigenvalue weighted by Crippen LogP contribution is 2.42. The van der Waals surface area contributed by atoms with Gasteiger partial charge in [-0.05, 0) is 46.0 Å². The Morgan fingerprint density at radius 1 is 1.29 bits per heavy atom. The van der Waals surface area contributed by atoms with Gasteiger partial charge in [0.1, 0.15) is 11.6 Å². The topological polar surface area (TPSA) is 72.6 Å². The Labute approximate surface area is 101 Å². The van der Waals surface area contributed by atoms with E-state index >= 15 is 0 Å². The highest BCUT2D eigenvalue weighted by Gasteiger charge is 2.51. The molecule has 2 fully saturated rings. The monoisotopic (exact) mass is 240 g/mol. The number of piperidine rings is 1. The zero-order chi connectivity index (χ0) is 12.8. The Bertz CT molecular complexity index is 348. The maximum atomic E-state index is 12.1. The highest BCUT2D eigenvalue weighted by atomic mass is 16.6. The molecule has 5 heteroatoms. The smallest absolute Gasteiger partial charge is 0.411 e. The second kappa shape index (κ2) is 3.89. The van der Waals surface area contributed by atoms with E-state index in [2.05, 4.69) is 0 Å². The van der Waals surface area contributed by atoms with Crippen LogP contribution >= 0.6 is 0 Å². The van der Waals surface area contributed by atoms with Crippen molar-refractivity contribution in [2.75, 3.05) is 0 Å². The molecule has 0 unspecified atom stereocenters. The fourth-order valence-corrected chi connectivity index (χ4v) is 2.93. The van der Waals surface area contributed by atoms with E-state index in [1.165, 1.54) is 0 Å². The first-order valence-corrected chi connectivity index (χ1v) is 6.10. The van der Waals surface area contributed by atoms with Gasteiger partial charge in [-0.25, -0.2) is 4.79 Å². The lowest BCUT2D eigenvalue weighted by atomic mass is 9.98. The van der Waals surface area contributed by atoms with E-state index in [4.69, 9.17) is 10.5 Å². The summed E-state index contributed by atoms with van der Waals surface area (Å²) in [5.41, 5.74) is 4.85. The third kappa shape index (κ3) is 2.23. The van der Waals surface area contributed by atoms with E-state index in [1.807, 2.05) is 20.8 Å². The molecule has 0 radical (unpaired) electrons. The van der Waals surface area contributed by atoms with Crippen LogP contribution in [0, 0.1) is 5.92 Å². The zero-order valence-electron chi connectivity index (χ0n) is 10.6. The molecule has 3 atom stereocenters. The number of fused-ring (bicyclic) bond motifs is 2. The Hall–Kier alpha value is -1.26. The summed E-state index contributed by atoms with van der Waals surface area (Å²) < 4.78 is 5.33.